The Bertz CT molecular complexity index is 470. The molecule has 1 aliphatic carbocycles. The van der Waals surface area contributed by atoms with Crippen LogP contribution in [0.5, 0.6) is 0 Å². The number of hydrogen-bond acceptors (Lipinski definition) is 3. The maximum atomic E-state index is 13.0. The van der Waals surface area contributed by atoms with Crippen LogP contribution in [0.4, 0.5) is 22.0 Å². The molecule has 9 heteroatoms. The molecule has 3 nitrogen and oxygen atoms in total. The van der Waals surface area contributed by atoms with Crippen LogP contribution >= 0.6 is 0 Å². The van der Waals surface area contributed by atoms with Crippen LogP contribution in [0, 0.1) is 17.2 Å². The molecule has 0 spiro atoms. The van der Waals surface area contributed by atoms with Crippen molar-refractivity contribution in [1.82, 2.24) is 0 Å². The molecule has 0 radical (unpaired) electrons. The highest BCUT2D eigenvalue weighted by molar-refractivity contribution is 7.92. The zero-order valence-corrected chi connectivity index (χ0v) is 11.3. The van der Waals surface area contributed by atoms with Crippen molar-refractivity contribution in [2.75, 3.05) is 5.75 Å². The number of sulfone groups is 1. The Morgan fingerprint density at radius 3 is 2.15 bits per heavy atom. The van der Waals surface area contributed by atoms with Crippen LogP contribution in [-0.4, -0.2) is 31.5 Å². The van der Waals surface area contributed by atoms with Crippen LogP contribution in [0.15, 0.2) is 0 Å². The van der Waals surface area contributed by atoms with Gasteiger partial charge in [0.25, 0.3) is 0 Å². The highest BCUT2D eigenvalue weighted by Gasteiger charge is 2.42. The average Bonchev–Trinajstić information content (AvgIpc) is 2.29. The van der Waals surface area contributed by atoms with E-state index in [1.165, 1.54) is 6.07 Å². The van der Waals surface area contributed by atoms with E-state index in [0.717, 1.165) is 0 Å². The summed E-state index contributed by atoms with van der Waals surface area (Å²) in [5, 5.41) is 7.24. The first-order chi connectivity index (χ1) is 8.97. The van der Waals surface area contributed by atoms with Crippen molar-refractivity contribution in [1.29, 1.82) is 5.26 Å². The summed E-state index contributed by atoms with van der Waals surface area (Å²) in [6.07, 6.45) is -7.58. The van der Waals surface area contributed by atoms with Gasteiger partial charge in [0.1, 0.15) is 0 Å². The number of hydrogen-bond donors (Lipinski definition) is 0. The van der Waals surface area contributed by atoms with Crippen LogP contribution in [0.3, 0.4) is 0 Å². The van der Waals surface area contributed by atoms with E-state index in [0.29, 0.717) is 0 Å². The molecule has 1 rings (SSSR count). The van der Waals surface area contributed by atoms with Crippen molar-refractivity contribution in [3.05, 3.63) is 0 Å². The molecule has 1 atom stereocenters. The highest BCUT2D eigenvalue weighted by atomic mass is 32.2. The SMILES string of the molecule is N#CC(C1CCC(F)(F)CC1)S(=O)(=O)CCC(F)(F)F. The molecule has 0 aromatic carbocycles. The highest BCUT2D eigenvalue weighted by Crippen LogP contribution is 2.39. The minimum Gasteiger partial charge on any atom is -0.227 e. The molecule has 116 valence electrons. The fraction of sp³-hybridized carbons (Fsp3) is 0.909. The number of nitrogens with zero attached hydrogens (tertiary/aromatic N) is 1. The van der Waals surface area contributed by atoms with Gasteiger partial charge in [0, 0.05) is 12.8 Å². The van der Waals surface area contributed by atoms with Crippen LogP contribution in [0.2, 0.25) is 0 Å². The summed E-state index contributed by atoms with van der Waals surface area (Å²) < 4.78 is 85.6. The lowest BCUT2D eigenvalue weighted by Gasteiger charge is -2.30. The summed E-state index contributed by atoms with van der Waals surface area (Å²) in [5.41, 5.74) is 0. The summed E-state index contributed by atoms with van der Waals surface area (Å²) in [6, 6.07) is 1.48. The summed E-state index contributed by atoms with van der Waals surface area (Å²) in [7, 11) is -4.27. The van der Waals surface area contributed by atoms with Crippen molar-refractivity contribution in [2.45, 2.75) is 49.5 Å². The maximum absolute atomic E-state index is 13.0. The van der Waals surface area contributed by atoms with Crippen LogP contribution in [0.1, 0.15) is 32.1 Å². The molecular weight excluding hydrogens is 305 g/mol. The summed E-state index contributed by atoms with van der Waals surface area (Å²) >= 11 is 0. The molecule has 0 aromatic heterocycles. The van der Waals surface area contributed by atoms with Crippen LogP contribution in [-0.2, 0) is 9.84 Å². The van der Waals surface area contributed by atoms with E-state index in [4.69, 9.17) is 5.26 Å². The van der Waals surface area contributed by atoms with E-state index in [2.05, 4.69) is 0 Å². The minimum absolute atomic E-state index is 0.170. The molecule has 20 heavy (non-hydrogen) atoms. The summed E-state index contributed by atoms with van der Waals surface area (Å²) in [4.78, 5) is 0. The fourth-order valence-electron chi connectivity index (χ4n) is 2.23. The number of nitriles is 1. The Kier molecular flexibility index (Phi) is 5.00. The van der Waals surface area contributed by atoms with Crippen molar-refractivity contribution in [3.63, 3.8) is 0 Å². The standard InChI is InChI=1S/C11H14F5NO2S/c12-10(13)3-1-8(2-4-10)9(7-17)20(18,19)6-5-11(14,15)16/h8-9H,1-6H2. The first-order valence-electron chi connectivity index (χ1n) is 6.03. The van der Waals surface area contributed by atoms with Crippen LogP contribution < -0.4 is 0 Å². The molecule has 0 amide bonds. The number of halogens is 5. The Labute approximate surface area is 113 Å². The van der Waals surface area contributed by atoms with Gasteiger partial charge in [0.15, 0.2) is 15.1 Å². The molecule has 0 aliphatic heterocycles. The molecule has 0 heterocycles. The molecule has 1 fully saturated rings. The van der Waals surface area contributed by atoms with Gasteiger partial charge in [-0.1, -0.05) is 0 Å². The zero-order chi connectivity index (χ0) is 15.6. The Hall–Kier alpha value is -0.910. The second-order valence-electron chi connectivity index (χ2n) is 4.98. The lowest BCUT2D eigenvalue weighted by atomic mass is 9.85. The predicted molar refractivity (Wildman–Crippen MR) is 60.8 cm³/mol. The second kappa shape index (κ2) is 5.84. The fourth-order valence-corrected chi connectivity index (χ4v) is 4.02. The van der Waals surface area contributed by atoms with Gasteiger partial charge in [0.05, 0.1) is 18.2 Å². The smallest absolute Gasteiger partial charge is 0.227 e. The van der Waals surface area contributed by atoms with E-state index < -0.39 is 58.1 Å². The molecule has 0 aromatic rings. The van der Waals surface area contributed by atoms with Gasteiger partial charge in [-0.2, -0.15) is 18.4 Å². The van der Waals surface area contributed by atoms with Crippen molar-refractivity contribution >= 4 is 9.84 Å². The predicted octanol–water partition coefficient (Wildman–Crippen LogP) is 3.07. The summed E-state index contributed by atoms with van der Waals surface area (Å²) in [5.74, 6) is -4.88. The zero-order valence-electron chi connectivity index (χ0n) is 10.5. The first-order valence-corrected chi connectivity index (χ1v) is 7.74. The topological polar surface area (TPSA) is 57.9 Å². The quantitative estimate of drug-likeness (QED) is 0.748. The average molecular weight is 319 g/mol. The van der Waals surface area contributed by atoms with E-state index in [-0.39, 0.29) is 12.8 Å². The van der Waals surface area contributed by atoms with Gasteiger partial charge < -0.3 is 0 Å². The molecule has 0 saturated heterocycles. The number of alkyl halides is 5. The summed E-state index contributed by atoms with van der Waals surface area (Å²) in [6.45, 7) is 0. The third-order valence-corrected chi connectivity index (χ3v) is 5.41. The molecule has 1 aliphatic rings. The molecule has 1 unspecified atom stereocenters. The lowest BCUT2D eigenvalue weighted by molar-refractivity contribution is -0.129. The van der Waals surface area contributed by atoms with Gasteiger partial charge in [0.2, 0.25) is 5.92 Å². The van der Waals surface area contributed by atoms with Gasteiger partial charge >= 0.3 is 6.18 Å². The molecule has 0 bridgehead atoms. The van der Waals surface area contributed by atoms with Gasteiger partial charge in [-0.15, -0.1) is 0 Å². The lowest BCUT2D eigenvalue weighted by Crippen LogP contribution is -2.36. The van der Waals surface area contributed by atoms with Gasteiger partial charge in [-0.3, -0.25) is 0 Å². The molecular formula is C11H14F5NO2S. The van der Waals surface area contributed by atoms with Crippen LogP contribution in [0.25, 0.3) is 0 Å². The Balaban J connectivity index is 2.74. The normalized spacial score (nSPS) is 22.2. The first kappa shape index (κ1) is 17.1. The third kappa shape index (κ3) is 4.89. The number of rotatable bonds is 4. The Morgan fingerprint density at radius 1 is 1.25 bits per heavy atom. The van der Waals surface area contributed by atoms with Crippen molar-refractivity contribution in [3.8, 4) is 6.07 Å². The van der Waals surface area contributed by atoms with E-state index in [9.17, 15) is 30.4 Å². The maximum Gasteiger partial charge on any atom is 0.390 e. The van der Waals surface area contributed by atoms with Crippen molar-refractivity contribution in [2.24, 2.45) is 5.92 Å². The van der Waals surface area contributed by atoms with E-state index in [1.54, 1.807) is 0 Å². The molecule has 1 saturated carbocycles. The molecule has 0 N–H and O–H groups in total. The van der Waals surface area contributed by atoms with Crippen molar-refractivity contribution < 1.29 is 30.4 Å². The Morgan fingerprint density at radius 2 is 1.75 bits per heavy atom. The largest absolute Gasteiger partial charge is 0.390 e. The monoisotopic (exact) mass is 319 g/mol. The minimum atomic E-state index is -4.63. The second-order valence-corrected chi connectivity index (χ2v) is 7.22. The van der Waals surface area contributed by atoms with E-state index in [1.807, 2.05) is 0 Å². The third-order valence-electron chi connectivity index (χ3n) is 3.37. The van der Waals surface area contributed by atoms with Gasteiger partial charge in [-0.25, -0.2) is 17.2 Å². The van der Waals surface area contributed by atoms with E-state index >= 15 is 0 Å². The van der Waals surface area contributed by atoms with Gasteiger partial charge in [-0.05, 0) is 18.8 Å².